The van der Waals surface area contributed by atoms with Gasteiger partial charge in [0.2, 0.25) is 0 Å². The predicted octanol–water partition coefficient (Wildman–Crippen LogP) is 0.724. The highest BCUT2D eigenvalue weighted by atomic mass is 16.6. The summed E-state index contributed by atoms with van der Waals surface area (Å²) >= 11 is 0. The van der Waals surface area contributed by atoms with Crippen LogP contribution in [-0.2, 0) is 19.0 Å². The van der Waals surface area contributed by atoms with Crippen molar-refractivity contribution in [3.05, 3.63) is 0 Å². The molecule has 0 aromatic rings. The molecular weight excluding hydrogens is 254 g/mol. The predicted molar refractivity (Wildman–Crippen MR) is 66.0 cm³/mol. The summed E-state index contributed by atoms with van der Waals surface area (Å²) in [5, 5.41) is 8.46. The van der Waals surface area contributed by atoms with Gasteiger partial charge in [0, 0.05) is 6.54 Å². The number of carbonyl (C=O) groups is 2. The van der Waals surface area contributed by atoms with Crippen LogP contribution in [0.2, 0.25) is 0 Å². The first-order valence-corrected chi connectivity index (χ1v) is 6.17. The number of morpholine rings is 1. The Kier molecular flexibility index (Phi) is 5.56. The molecule has 1 saturated heterocycles. The third-order valence-electron chi connectivity index (χ3n) is 2.32. The number of carbonyl (C=O) groups excluding carboxylic acids is 1. The second-order valence-electron chi connectivity index (χ2n) is 5.33. The Morgan fingerprint density at radius 2 is 2.11 bits per heavy atom. The van der Waals surface area contributed by atoms with Crippen LogP contribution in [0.25, 0.3) is 0 Å². The molecule has 0 spiro atoms. The number of aliphatic carboxylic acids is 1. The van der Waals surface area contributed by atoms with E-state index in [-0.39, 0.29) is 25.4 Å². The molecule has 1 atom stereocenters. The highest BCUT2D eigenvalue weighted by Gasteiger charge is 2.28. The molecule has 0 radical (unpaired) electrons. The first kappa shape index (κ1) is 15.7. The Hall–Kier alpha value is -1.34. The third kappa shape index (κ3) is 6.40. The molecule has 0 saturated carbocycles. The second-order valence-corrected chi connectivity index (χ2v) is 5.33. The highest BCUT2D eigenvalue weighted by molar-refractivity contribution is 5.68. The topological polar surface area (TPSA) is 85.3 Å². The van der Waals surface area contributed by atoms with Gasteiger partial charge in [-0.05, 0) is 20.8 Å². The molecule has 0 bridgehead atoms. The fourth-order valence-corrected chi connectivity index (χ4v) is 1.59. The highest BCUT2D eigenvalue weighted by Crippen LogP contribution is 2.13. The van der Waals surface area contributed by atoms with E-state index in [1.165, 1.54) is 0 Å². The van der Waals surface area contributed by atoms with Crippen LogP contribution in [0.4, 0.5) is 4.79 Å². The smallest absolute Gasteiger partial charge is 0.410 e. The lowest BCUT2D eigenvalue weighted by molar-refractivity contribution is -0.144. The molecule has 19 heavy (non-hydrogen) atoms. The summed E-state index contributed by atoms with van der Waals surface area (Å²) in [5.74, 6) is -1.03. The van der Waals surface area contributed by atoms with E-state index < -0.39 is 11.6 Å². The number of hydrogen-bond acceptors (Lipinski definition) is 5. The van der Waals surface area contributed by atoms with Gasteiger partial charge >= 0.3 is 12.1 Å². The Morgan fingerprint density at radius 1 is 1.42 bits per heavy atom. The molecule has 0 aromatic heterocycles. The second kappa shape index (κ2) is 6.72. The van der Waals surface area contributed by atoms with E-state index in [1.807, 2.05) is 0 Å². The summed E-state index contributed by atoms with van der Waals surface area (Å²) in [4.78, 5) is 23.7. The largest absolute Gasteiger partial charge is 0.480 e. The molecule has 0 unspecified atom stereocenters. The first-order valence-electron chi connectivity index (χ1n) is 6.17. The van der Waals surface area contributed by atoms with Crippen molar-refractivity contribution in [1.29, 1.82) is 0 Å². The lowest BCUT2D eigenvalue weighted by Gasteiger charge is -2.34. The van der Waals surface area contributed by atoms with E-state index >= 15 is 0 Å². The molecule has 1 heterocycles. The van der Waals surface area contributed by atoms with Gasteiger partial charge in [-0.3, -0.25) is 0 Å². The molecule has 110 valence electrons. The van der Waals surface area contributed by atoms with Crippen LogP contribution in [0.1, 0.15) is 20.8 Å². The van der Waals surface area contributed by atoms with Crippen LogP contribution < -0.4 is 0 Å². The van der Waals surface area contributed by atoms with E-state index in [0.717, 1.165) is 0 Å². The zero-order valence-electron chi connectivity index (χ0n) is 11.5. The number of hydrogen-bond donors (Lipinski definition) is 1. The van der Waals surface area contributed by atoms with Gasteiger partial charge in [0.25, 0.3) is 0 Å². The lowest BCUT2D eigenvalue weighted by Crippen LogP contribution is -2.48. The van der Waals surface area contributed by atoms with Gasteiger partial charge in [0.1, 0.15) is 12.2 Å². The molecule has 1 aliphatic heterocycles. The van der Waals surface area contributed by atoms with Crippen LogP contribution in [0.15, 0.2) is 0 Å². The summed E-state index contributed by atoms with van der Waals surface area (Å²) < 4.78 is 15.6. The third-order valence-corrected chi connectivity index (χ3v) is 2.32. The summed E-state index contributed by atoms with van der Waals surface area (Å²) in [6.07, 6.45) is -0.709. The molecule has 1 fully saturated rings. The summed E-state index contributed by atoms with van der Waals surface area (Å²) in [6.45, 7) is 6.38. The number of ether oxygens (including phenoxy) is 3. The van der Waals surface area contributed by atoms with Crippen LogP contribution in [0, 0.1) is 0 Å². The van der Waals surface area contributed by atoms with Gasteiger partial charge in [-0.1, -0.05) is 0 Å². The van der Waals surface area contributed by atoms with Crippen molar-refractivity contribution in [3.63, 3.8) is 0 Å². The van der Waals surface area contributed by atoms with Gasteiger partial charge in [-0.2, -0.15) is 0 Å². The van der Waals surface area contributed by atoms with Gasteiger partial charge in [-0.25, -0.2) is 9.59 Å². The molecule has 1 aliphatic rings. The van der Waals surface area contributed by atoms with Crippen molar-refractivity contribution >= 4 is 12.1 Å². The maximum Gasteiger partial charge on any atom is 0.410 e. The van der Waals surface area contributed by atoms with Crippen LogP contribution >= 0.6 is 0 Å². The molecule has 0 aromatic carbocycles. The van der Waals surface area contributed by atoms with E-state index in [1.54, 1.807) is 25.7 Å². The fourth-order valence-electron chi connectivity index (χ4n) is 1.59. The normalized spacial score (nSPS) is 20.2. The summed E-state index contributed by atoms with van der Waals surface area (Å²) in [5.41, 5.74) is -0.537. The average molecular weight is 275 g/mol. The Bertz CT molecular complexity index is 325. The number of rotatable bonds is 4. The minimum Gasteiger partial charge on any atom is -0.480 e. The van der Waals surface area contributed by atoms with Gasteiger partial charge in [-0.15, -0.1) is 0 Å². The number of carboxylic acid groups (broad SMARTS) is 1. The minimum absolute atomic E-state index is 0.144. The lowest BCUT2D eigenvalue weighted by atomic mass is 10.2. The number of nitrogens with zero attached hydrogens (tertiary/aromatic N) is 1. The van der Waals surface area contributed by atoms with Crippen LogP contribution in [0.5, 0.6) is 0 Å². The van der Waals surface area contributed by atoms with Crippen LogP contribution in [-0.4, -0.2) is 66.7 Å². The molecule has 1 amide bonds. The number of amides is 1. The van der Waals surface area contributed by atoms with Crippen LogP contribution in [0.3, 0.4) is 0 Å². The molecule has 1 N–H and O–H groups in total. The van der Waals surface area contributed by atoms with Crippen molar-refractivity contribution in [2.75, 3.05) is 32.9 Å². The number of carboxylic acids is 1. The van der Waals surface area contributed by atoms with Crippen molar-refractivity contribution in [3.8, 4) is 0 Å². The Balaban J connectivity index is 2.37. The molecule has 7 heteroatoms. The zero-order chi connectivity index (χ0) is 14.5. The first-order chi connectivity index (χ1) is 8.78. The fraction of sp³-hybridized carbons (Fsp3) is 0.833. The Morgan fingerprint density at radius 3 is 2.68 bits per heavy atom. The maximum atomic E-state index is 11.9. The standard InChI is InChI=1S/C12H21NO6/c1-12(2,3)19-11(16)13-4-5-18-9(6-13)7-17-8-10(14)15/h9H,4-8H2,1-3H3,(H,14,15)/t9-/m0/s1. The molecule has 1 rings (SSSR count). The zero-order valence-corrected chi connectivity index (χ0v) is 11.5. The monoisotopic (exact) mass is 275 g/mol. The molecule has 7 nitrogen and oxygen atoms in total. The average Bonchev–Trinajstić information content (AvgIpc) is 2.26. The quantitative estimate of drug-likeness (QED) is 0.814. The van der Waals surface area contributed by atoms with Gasteiger partial charge < -0.3 is 24.2 Å². The van der Waals surface area contributed by atoms with E-state index in [9.17, 15) is 9.59 Å². The molecule has 0 aliphatic carbocycles. The van der Waals surface area contributed by atoms with Crippen molar-refractivity contribution in [2.45, 2.75) is 32.5 Å². The van der Waals surface area contributed by atoms with Crippen molar-refractivity contribution in [2.24, 2.45) is 0 Å². The van der Waals surface area contributed by atoms with E-state index in [0.29, 0.717) is 19.7 Å². The van der Waals surface area contributed by atoms with E-state index in [4.69, 9.17) is 19.3 Å². The summed E-state index contributed by atoms with van der Waals surface area (Å²) in [7, 11) is 0. The van der Waals surface area contributed by atoms with Gasteiger partial charge in [0.15, 0.2) is 0 Å². The SMILES string of the molecule is CC(C)(C)OC(=O)N1CCO[C@H](COCC(=O)O)C1. The summed E-state index contributed by atoms with van der Waals surface area (Å²) in [6, 6.07) is 0. The minimum atomic E-state index is -1.03. The maximum absolute atomic E-state index is 11.9. The van der Waals surface area contributed by atoms with Crippen molar-refractivity contribution in [1.82, 2.24) is 4.90 Å². The van der Waals surface area contributed by atoms with Crippen molar-refractivity contribution < 1.29 is 28.9 Å². The van der Waals surface area contributed by atoms with Gasteiger partial charge in [0.05, 0.1) is 25.9 Å². The Labute approximate surface area is 112 Å². The van der Waals surface area contributed by atoms with E-state index in [2.05, 4.69) is 0 Å². The molecular formula is C12H21NO6.